The molecule has 0 unspecified atom stereocenters. The quantitative estimate of drug-likeness (QED) is 0.361. The predicted octanol–water partition coefficient (Wildman–Crippen LogP) is -1.15. The molecule has 2 heterocycles. The fourth-order valence-corrected chi connectivity index (χ4v) is 1.81. The monoisotopic (exact) mass is 319 g/mol. The van der Waals surface area contributed by atoms with Crippen molar-refractivity contribution < 1.29 is 28.7 Å². The molecule has 12 heteroatoms. The fraction of sp³-hybridized carbons (Fsp3) is 0.444. The average Bonchev–Trinajstić information content (AvgIpc) is 2.81. The van der Waals surface area contributed by atoms with Crippen molar-refractivity contribution in [2.24, 2.45) is 0 Å². The molecule has 21 heavy (non-hydrogen) atoms. The van der Waals surface area contributed by atoms with E-state index in [2.05, 4.69) is 19.5 Å². The van der Waals surface area contributed by atoms with Crippen molar-refractivity contribution in [3.63, 3.8) is 0 Å². The molecule has 0 saturated heterocycles. The number of rotatable bonds is 7. The highest BCUT2D eigenvalue weighted by Gasteiger charge is 2.17. The first-order chi connectivity index (χ1) is 9.90. The Balaban J connectivity index is 2.03. The number of hydrogen-bond acceptors (Lipinski definition) is 8. The zero-order chi connectivity index (χ0) is 15.5. The van der Waals surface area contributed by atoms with Gasteiger partial charge in [-0.1, -0.05) is 0 Å². The second kappa shape index (κ2) is 6.43. The average molecular weight is 319 g/mol. The molecule has 0 aliphatic carbocycles. The summed E-state index contributed by atoms with van der Waals surface area (Å²) in [6.07, 6.45) is 1.97. The summed E-state index contributed by atoms with van der Waals surface area (Å²) in [5.74, 6) is 0.227. The largest absolute Gasteiger partial charge is 0.471 e. The number of ether oxygens (including phenoxy) is 1. The molecular formula is C9H14N5O6P. The summed E-state index contributed by atoms with van der Waals surface area (Å²) < 4.78 is 21.3. The van der Waals surface area contributed by atoms with Crippen molar-refractivity contribution in [1.29, 1.82) is 0 Å². The molecule has 2 aromatic heterocycles. The molecule has 0 radical (unpaired) electrons. The molecule has 0 aliphatic heterocycles. The first kappa shape index (κ1) is 15.8. The summed E-state index contributed by atoms with van der Waals surface area (Å²) in [6.45, 7) is -0.891. The van der Waals surface area contributed by atoms with Crippen molar-refractivity contribution >= 4 is 24.8 Å². The first-order valence-corrected chi connectivity index (χ1v) is 7.27. The summed E-state index contributed by atoms with van der Waals surface area (Å²) in [4.78, 5) is 28.9. The SMILES string of the molecule is Nc1ncnc2c1ncn2C[C@@H](CO)OCOP(=O)(O)O. The maximum Gasteiger partial charge on any atom is 0.471 e. The van der Waals surface area contributed by atoms with Crippen molar-refractivity contribution in [3.05, 3.63) is 12.7 Å². The Morgan fingerprint density at radius 3 is 2.81 bits per heavy atom. The normalized spacial score (nSPS) is 13.7. The molecule has 1 atom stereocenters. The Hall–Kier alpha value is -1.62. The molecule has 5 N–H and O–H groups in total. The van der Waals surface area contributed by atoms with E-state index in [1.165, 1.54) is 12.7 Å². The summed E-state index contributed by atoms with van der Waals surface area (Å²) in [5.41, 5.74) is 6.52. The van der Waals surface area contributed by atoms with Crippen LogP contribution in [0.2, 0.25) is 0 Å². The molecule has 0 aromatic carbocycles. The van der Waals surface area contributed by atoms with Gasteiger partial charge in [0, 0.05) is 0 Å². The molecule has 0 amide bonds. The maximum atomic E-state index is 10.5. The van der Waals surface area contributed by atoms with Gasteiger partial charge in [0.2, 0.25) is 0 Å². The molecule has 0 saturated carbocycles. The molecular weight excluding hydrogens is 305 g/mol. The number of anilines is 1. The number of nitrogens with zero attached hydrogens (tertiary/aromatic N) is 4. The lowest BCUT2D eigenvalue weighted by Gasteiger charge is -2.16. The van der Waals surface area contributed by atoms with Crippen molar-refractivity contribution in [3.8, 4) is 0 Å². The molecule has 116 valence electrons. The van der Waals surface area contributed by atoms with E-state index in [-0.39, 0.29) is 19.0 Å². The zero-order valence-electron chi connectivity index (χ0n) is 10.7. The number of imidazole rings is 1. The molecule has 0 spiro atoms. The van der Waals surface area contributed by atoms with E-state index >= 15 is 0 Å². The minimum atomic E-state index is -4.61. The number of nitrogens with two attached hydrogens (primary N) is 1. The van der Waals surface area contributed by atoms with E-state index in [9.17, 15) is 9.67 Å². The third kappa shape index (κ3) is 4.17. The first-order valence-electron chi connectivity index (χ1n) is 5.74. The van der Waals surface area contributed by atoms with Crippen LogP contribution in [0.5, 0.6) is 0 Å². The van der Waals surface area contributed by atoms with Crippen LogP contribution in [0.3, 0.4) is 0 Å². The molecule has 0 fully saturated rings. The summed E-state index contributed by atoms with van der Waals surface area (Å²) in [6, 6.07) is 0. The predicted molar refractivity (Wildman–Crippen MR) is 69.7 cm³/mol. The van der Waals surface area contributed by atoms with Gasteiger partial charge in [0.15, 0.2) is 18.3 Å². The minimum Gasteiger partial charge on any atom is -0.394 e. The number of aromatic nitrogens is 4. The van der Waals surface area contributed by atoms with Crippen LogP contribution < -0.4 is 5.73 Å². The Labute approximate surface area is 118 Å². The Morgan fingerprint density at radius 1 is 1.38 bits per heavy atom. The molecule has 0 aliphatic rings. The van der Waals surface area contributed by atoms with Crippen LogP contribution in [-0.2, 0) is 20.4 Å². The standard InChI is InChI=1S/C9H14N5O6P/c10-8-7-9(12-3-11-8)14(4-13-7)1-6(2-15)19-5-20-21(16,17)18/h3-4,6,15H,1-2,5H2,(H2,10,11,12)(H2,16,17,18)/t6-/m0/s1. The van der Waals surface area contributed by atoms with Crippen LogP contribution >= 0.6 is 7.82 Å². The van der Waals surface area contributed by atoms with Gasteiger partial charge in [-0.25, -0.2) is 19.5 Å². The lowest BCUT2D eigenvalue weighted by molar-refractivity contribution is -0.0711. The van der Waals surface area contributed by atoms with Gasteiger partial charge in [0.1, 0.15) is 17.9 Å². The maximum absolute atomic E-state index is 10.5. The van der Waals surface area contributed by atoms with E-state index in [0.717, 1.165) is 0 Å². The molecule has 11 nitrogen and oxygen atoms in total. The highest BCUT2D eigenvalue weighted by atomic mass is 31.2. The highest BCUT2D eigenvalue weighted by molar-refractivity contribution is 7.46. The van der Waals surface area contributed by atoms with Gasteiger partial charge in [-0.05, 0) is 0 Å². The second-order valence-corrected chi connectivity index (χ2v) is 5.28. The number of phosphoric acid groups is 1. The molecule has 0 bridgehead atoms. The van der Waals surface area contributed by atoms with Gasteiger partial charge in [-0.3, -0.25) is 4.52 Å². The smallest absolute Gasteiger partial charge is 0.394 e. The molecule has 2 aromatic rings. The van der Waals surface area contributed by atoms with Gasteiger partial charge in [0.05, 0.1) is 19.5 Å². The van der Waals surface area contributed by atoms with E-state index in [0.29, 0.717) is 11.2 Å². The zero-order valence-corrected chi connectivity index (χ0v) is 11.6. The van der Waals surface area contributed by atoms with Gasteiger partial charge in [-0.2, -0.15) is 0 Å². The second-order valence-electron chi connectivity index (χ2n) is 4.04. The van der Waals surface area contributed by atoms with Gasteiger partial charge < -0.3 is 29.9 Å². The van der Waals surface area contributed by atoms with Crippen LogP contribution in [-0.4, -0.2) is 53.9 Å². The lowest BCUT2D eigenvalue weighted by Crippen LogP contribution is -2.25. The van der Waals surface area contributed by atoms with E-state index < -0.39 is 20.7 Å². The van der Waals surface area contributed by atoms with Crippen LogP contribution in [0.1, 0.15) is 0 Å². The third-order valence-corrected chi connectivity index (χ3v) is 3.00. The molecule has 2 rings (SSSR count). The Kier molecular flexibility index (Phi) is 4.83. The number of aliphatic hydroxyl groups excluding tert-OH is 1. The number of phosphoric ester groups is 1. The van der Waals surface area contributed by atoms with E-state index in [1.807, 2.05) is 0 Å². The summed E-state index contributed by atoms with van der Waals surface area (Å²) in [5, 5.41) is 9.22. The number of fused-ring (bicyclic) bond motifs is 1. The summed E-state index contributed by atoms with van der Waals surface area (Å²) >= 11 is 0. The van der Waals surface area contributed by atoms with Crippen molar-refractivity contribution in [1.82, 2.24) is 19.5 Å². The van der Waals surface area contributed by atoms with E-state index in [1.54, 1.807) is 4.57 Å². The van der Waals surface area contributed by atoms with Crippen LogP contribution in [0, 0.1) is 0 Å². The lowest BCUT2D eigenvalue weighted by atomic mass is 10.3. The van der Waals surface area contributed by atoms with Gasteiger partial charge >= 0.3 is 7.82 Å². The summed E-state index contributed by atoms with van der Waals surface area (Å²) in [7, 11) is -4.61. The highest BCUT2D eigenvalue weighted by Crippen LogP contribution is 2.35. The van der Waals surface area contributed by atoms with Gasteiger partial charge in [0.25, 0.3) is 0 Å². The Morgan fingerprint density at radius 2 is 2.14 bits per heavy atom. The van der Waals surface area contributed by atoms with Crippen molar-refractivity contribution in [2.45, 2.75) is 12.6 Å². The third-order valence-electron chi connectivity index (χ3n) is 2.56. The van der Waals surface area contributed by atoms with Crippen LogP contribution in [0.4, 0.5) is 5.82 Å². The Bertz CT molecular complexity index is 657. The topological polar surface area (TPSA) is 166 Å². The number of nitrogen functional groups attached to an aromatic ring is 1. The van der Waals surface area contributed by atoms with Crippen molar-refractivity contribution in [2.75, 3.05) is 19.1 Å². The number of aliphatic hydroxyl groups is 1. The fourth-order valence-electron chi connectivity index (χ4n) is 1.61. The van der Waals surface area contributed by atoms with Crippen LogP contribution in [0.15, 0.2) is 12.7 Å². The minimum absolute atomic E-state index is 0.147. The van der Waals surface area contributed by atoms with Gasteiger partial charge in [-0.15, -0.1) is 0 Å². The van der Waals surface area contributed by atoms with E-state index in [4.69, 9.17) is 20.3 Å². The number of hydrogen-bond donors (Lipinski definition) is 4. The van der Waals surface area contributed by atoms with Crippen LogP contribution in [0.25, 0.3) is 11.2 Å².